The van der Waals surface area contributed by atoms with Crippen molar-refractivity contribution in [2.75, 3.05) is 6.61 Å². The van der Waals surface area contributed by atoms with E-state index in [9.17, 15) is 30.6 Å². The van der Waals surface area contributed by atoms with Gasteiger partial charge in [-0.05, 0) is 6.42 Å². The van der Waals surface area contributed by atoms with Crippen LogP contribution in [0.25, 0.3) is 0 Å². The maximum Gasteiger partial charge on any atom is 0.164 e. The number of hydrogen-bond donors (Lipinski definition) is 7. The maximum absolute atomic E-state index is 10.1. The number of aliphatic hydroxyl groups excluding tert-OH is 7. The molecule has 24 heavy (non-hydrogen) atoms. The highest BCUT2D eigenvalue weighted by molar-refractivity contribution is 5.01. The molecular formula is C15H28O9. The van der Waals surface area contributed by atoms with Gasteiger partial charge in [0.25, 0.3) is 0 Å². The summed E-state index contributed by atoms with van der Waals surface area (Å²) in [5.74, 6) is -1.30. The summed E-state index contributed by atoms with van der Waals surface area (Å²) in [7, 11) is 0. The van der Waals surface area contributed by atoms with Crippen molar-refractivity contribution in [3.63, 3.8) is 0 Å². The van der Waals surface area contributed by atoms with Crippen LogP contribution in [0.4, 0.5) is 0 Å². The fourth-order valence-electron chi connectivity index (χ4n) is 2.55. The third kappa shape index (κ3) is 4.64. The van der Waals surface area contributed by atoms with Gasteiger partial charge >= 0.3 is 0 Å². The zero-order valence-corrected chi connectivity index (χ0v) is 13.8. The molecule has 0 saturated carbocycles. The predicted molar refractivity (Wildman–Crippen MR) is 81.9 cm³/mol. The van der Waals surface area contributed by atoms with Crippen LogP contribution in [0.3, 0.4) is 0 Å². The standard InChI is InChI=1S/C15H28O9/c1-4-8(18)11(21)14(9(19)5-16)24-15-6(2)10(20)12(22)13(23-15)7(3)17/h6,8-22H,3-5H2,1-2H3. The Labute approximate surface area is 140 Å². The largest absolute Gasteiger partial charge is 0.510 e. The molecule has 142 valence electrons. The molecule has 0 aromatic heterocycles. The summed E-state index contributed by atoms with van der Waals surface area (Å²) in [5.41, 5.74) is 0. The molecule has 9 heteroatoms. The Morgan fingerprint density at radius 1 is 1.17 bits per heavy atom. The summed E-state index contributed by atoms with van der Waals surface area (Å²) in [5, 5.41) is 68.3. The Kier molecular flexibility index (Phi) is 8.03. The van der Waals surface area contributed by atoms with Crippen LogP contribution in [-0.4, -0.2) is 91.4 Å². The normalized spacial score (nSPS) is 35.9. The summed E-state index contributed by atoms with van der Waals surface area (Å²) in [4.78, 5) is 0. The van der Waals surface area contributed by atoms with Crippen molar-refractivity contribution < 1.29 is 45.2 Å². The Morgan fingerprint density at radius 3 is 2.21 bits per heavy atom. The number of hydrogen-bond acceptors (Lipinski definition) is 9. The van der Waals surface area contributed by atoms with E-state index >= 15 is 0 Å². The maximum atomic E-state index is 10.1. The van der Waals surface area contributed by atoms with E-state index in [-0.39, 0.29) is 6.42 Å². The molecule has 1 heterocycles. The third-order valence-corrected chi connectivity index (χ3v) is 4.24. The molecule has 9 nitrogen and oxygen atoms in total. The second-order valence-corrected chi connectivity index (χ2v) is 6.07. The zero-order chi connectivity index (χ0) is 18.6. The molecule has 7 N–H and O–H groups in total. The third-order valence-electron chi connectivity index (χ3n) is 4.24. The lowest BCUT2D eigenvalue weighted by Crippen LogP contribution is -2.58. The summed E-state index contributed by atoms with van der Waals surface area (Å²) in [6, 6.07) is 0. The quantitative estimate of drug-likeness (QED) is 0.245. The summed E-state index contributed by atoms with van der Waals surface area (Å²) in [6.45, 7) is 5.63. The lowest BCUT2D eigenvalue weighted by atomic mass is 9.91. The van der Waals surface area contributed by atoms with E-state index in [4.69, 9.17) is 14.6 Å². The Balaban J connectivity index is 2.96. The number of ether oxygens (including phenoxy) is 2. The van der Waals surface area contributed by atoms with Gasteiger partial charge < -0.3 is 45.2 Å². The summed E-state index contributed by atoms with van der Waals surface area (Å²) >= 11 is 0. The van der Waals surface area contributed by atoms with Crippen molar-refractivity contribution in [3.8, 4) is 0 Å². The number of aliphatic hydroxyl groups is 7. The van der Waals surface area contributed by atoms with Gasteiger partial charge in [0, 0.05) is 5.92 Å². The fourth-order valence-corrected chi connectivity index (χ4v) is 2.55. The van der Waals surface area contributed by atoms with Crippen molar-refractivity contribution in [2.24, 2.45) is 5.92 Å². The first-order chi connectivity index (χ1) is 11.1. The second-order valence-electron chi connectivity index (χ2n) is 6.07. The van der Waals surface area contributed by atoms with Crippen molar-refractivity contribution >= 4 is 0 Å². The van der Waals surface area contributed by atoms with Crippen LogP contribution in [0.2, 0.25) is 0 Å². The topological polar surface area (TPSA) is 160 Å². The highest BCUT2D eigenvalue weighted by Gasteiger charge is 2.46. The van der Waals surface area contributed by atoms with Gasteiger partial charge in [0.05, 0.1) is 18.8 Å². The van der Waals surface area contributed by atoms with Crippen LogP contribution < -0.4 is 0 Å². The molecule has 9 atom stereocenters. The molecule has 1 fully saturated rings. The molecule has 9 unspecified atom stereocenters. The Hall–Kier alpha value is -0.780. The first-order valence-corrected chi connectivity index (χ1v) is 7.85. The highest BCUT2D eigenvalue weighted by atomic mass is 16.7. The number of rotatable bonds is 8. The SMILES string of the molecule is C=C(O)C1OC(OC(C(O)CO)C(O)C(O)CC)C(C)C(O)C1O. The molecule has 0 aromatic carbocycles. The monoisotopic (exact) mass is 352 g/mol. The first kappa shape index (κ1) is 21.3. The van der Waals surface area contributed by atoms with Crippen molar-refractivity contribution in [3.05, 3.63) is 12.3 Å². The lowest BCUT2D eigenvalue weighted by molar-refractivity contribution is -0.306. The van der Waals surface area contributed by atoms with Gasteiger partial charge in [-0.3, -0.25) is 0 Å². The molecule has 0 spiro atoms. The minimum Gasteiger partial charge on any atom is -0.510 e. The molecule has 0 amide bonds. The van der Waals surface area contributed by atoms with E-state index in [0.29, 0.717) is 0 Å². The van der Waals surface area contributed by atoms with E-state index in [2.05, 4.69) is 6.58 Å². The van der Waals surface area contributed by atoms with Gasteiger partial charge in [-0.15, -0.1) is 0 Å². The first-order valence-electron chi connectivity index (χ1n) is 7.85. The average Bonchev–Trinajstić information content (AvgIpc) is 2.56. The Morgan fingerprint density at radius 2 is 1.75 bits per heavy atom. The molecule has 1 aliphatic rings. The van der Waals surface area contributed by atoms with E-state index in [0.717, 1.165) is 0 Å². The van der Waals surface area contributed by atoms with Crippen molar-refractivity contribution in [1.82, 2.24) is 0 Å². The molecule has 1 rings (SSSR count). The molecule has 0 bridgehead atoms. The highest BCUT2D eigenvalue weighted by Crippen LogP contribution is 2.31. The van der Waals surface area contributed by atoms with Gasteiger partial charge in [0.2, 0.25) is 0 Å². The van der Waals surface area contributed by atoms with Gasteiger partial charge in [-0.2, -0.15) is 0 Å². The van der Waals surface area contributed by atoms with Crippen LogP contribution in [0.5, 0.6) is 0 Å². The van der Waals surface area contributed by atoms with Crippen LogP contribution >= 0.6 is 0 Å². The second kappa shape index (κ2) is 9.07. The van der Waals surface area contributed by atoms with Crippen LogP contribution in [-0.2, 0) is 9.47 Å². The van der Waals surface area contributed by atoms with Crippen LogP contribution in [0.1, 0.15) is 20.3 Å². The summed E-state index contributed by atoms with van der Waals surface area (Å²) in [6.07, 6.45) is -10.8. The lowest BCUT2D eigenvalue weighted by Gasteiger charge is -2.43. The van der Waals surface area contributed by atoms with Gasteiger partial charge in [-0.1, -0.05) is 20.4 Å². The molecule has 1 aliphatic heterocycles. The van der Waals surface area contributed by atoms with E-state index < -0.39 is 67.3 Å². The van der Waals surface area contributed by atoms with Gasteiger partial charge in [0.1, 0.15) is 36.3 Å². The van der Waals surface area contributed by atoms with Crippen molar-refractivity contribution in [2.45, 2.75) is 69.3 Å². The van der Waals surface area contributed by atoms with E-state index in [1.807, 2.05) is 0 Å². The predicted octanol–water partition coefficient (Wildman–Crippen LogP) is -1.99. The molecule has 0 radical (unpaired) electrons. The molecule has 0 aromatic rings. The van der Waals surface area contributed by atoms with Crippen LogP contribution in [0, 0.1) is 5.92 Å². The zero-order valence-electron chi connectivity index (χ0n) is 13.8. The van der Waals surface area contributed by atoms with Gasteiger partial charge in [-0.25, -0.2) is 0 Å². The average molecular weight is 352 g/mol. The van der Waals surface area contributed by atoms with Gasteiger partial charge in [0.15, 0.2) is 6.29 Å². The summed E-state index contributed by atoms with van der Waals surface area (Å²) < 4.78 is 10.8. The molecule has 0 aliphatic carbocycles. The van der Waals surface area contributed by atoms with Crippen LogP contribution in [0.15, 0.2) is 12.3 Å². The minimum atomic E-state index is -1.52. The minimum absolute atomic E-state index is 0.178. The molecule has 1 saturated heterocycles. The molecular weight excluding hydrogens is 324 g/mol. The van der Waals surface area contributed by atoms with E-state index in [1.165, 1.54) is 6.92 Å². The smallest absolute Gasteiger partial charge is 0.164 e. The fraction of sp³-hybridized carbons (Fsp3) is 0.867. The van der Waals surface area contributed by atoms with Crippen molar-refractivity contribution in [1.29, 1.82) is 0 Å². The Bertz CT molecular complexity index is 404. The van der Waals surface area contributed by atoms with E-state index in [1.54, 1.807) is 6.92 Å².